The molecule has 2 nitrogen and oxygen atoms in total. The lowest BCUT2D eigenvalue weighted by atomic mass is 10.0. The second-order valence-corrected chi connectivity index (χ2v) is 6.56. The van der Waals surface area contributed by atoms with Crippen LogP contribution in [0.1, 0.15) is 23.6 Å². The quantitative estimate of drug-likeness (QED) is 0.599. The van der Waals surface area contributed by atoms with Gasteiger partial charge in [-0.15, -0.1) is 0 Å². The zero-order valence-corrected chi connectivity index (χ0v) is 14.6. The fourth-order valence-electron chi connectivity index (χ4n) is 3.13. The Balaban J connectivity index is 1.92. The molecule has 0 radical (unpaired) electrons. The zero-order chi connectivity index (χ0) is 17.3. The van der Waals surface area contributed by atoms with Gasteiger partial charge in [-0.05, 0) is 13.0 Å². The Morgan fingerprint density at radius 1 is 0.640 bits per heavy atom. The van der Waals surface area contributed by atoms with Crippen LogP contribution < -0.4 is 0 Å². The van der Waals surface area contributed by atoms with E-state index in [1.165, 1.54) is 0 Å². The second kappa shape index (κ2) is 6.30. The minimum Gasteiger partial charge on any atom is -0.248 e. The van der Waals surface area contributed by atoms with E-state index in [2.05, 4.69) is 24.3 Å². The molecule has 0 fully saturated rings. The maximum atomic E-state index is 6.44. The van der Waals surface area contributed by atoms with Crippen molar-refractivity contribution in [2.24, 2.45) is 9.98 Å². The molecule has 1 aliphatic heterocycles. The maximum absolute atomic E-state index is 6.44. The van der Waals surface area contributed by atoms with E-state index < -0.39 is 5.66 Å². The topological polar surface area (TPSA) is 24.7 Å². The van der Waals surface area contributed by atoms with Gasteiger partial charge in [-0.2, -0.15) is 0 Å². The highest BCUT2D eigenvalue weighted by atomic mass is 35.5. The van der Waals surface area contributed by atoms with Gasteiger partial charge < -0.3 is 0 Å². The van der Waals surface area contributed by atoms with Gasteiger partial charge in [0.25, 0.3) is 0 Å². The average Bonchev–Trinajstić information content (AvgIpc) is 3.02. The van der Waals surface area contributed by atoms with Crippen LogP contribution in [0, 0.1) is 0 Å². The van der Waals surface area contributed by atoms with Crippen molar-refractivity contribution in [2.45, 2.75) is 12.6 Å². The van der Waals surface area contributed by atoms with E-state index in [-0.39, 0.29) is 0 Å². The second-order valence-electron chi connectivity index (χ2n) is 6.15. The summed E-state index contributed by atoms with van der Waals surface area (Å²) in [4.78, 5) is 10.0. The van der Waals surface area contributed by atoms with Gasteiger partial charge in [0.15, 0.2) is 5.66 Å². The van der Waals surface area contributed by atoms with Gasteiger partial charge in [0.2, 0.25) is 0 Å². The van der Waals surface area contributed by atoms with Crippen LogP contribution in [0.15, 0.2) is 94.9 Å². The van der Waals surface area contributed by atoms with E-state index in [9.17, 15) is 0 Å². The third kappa shape index (κ3) is 2.90. The van der Waals surface area contributed by atoms with Gasteiger partial charge >= 0.3 is 0 Å². The fraction of sp³-hybridized carbons (Fsp3) is 0.0909. The highest BCUT2D eigenvalue weighted by Gasteiger charge is 2.35. The van der Waals surface area contributed by atoms with E-state index in [1.807, 2.05) is 67.6 Å². The SMILES string of the molecule is CC1(c2ccccc2Cl)N=C(c2ccccc2)C(c2ccccc2)=N1. The molecule has 1 aliphatic rings. The first-order valence-electron chi connectivity index (χ1n) is 8.23. The molecular formula is C22H17ClN2. The number of halogens is 1. The molecule has 0 unspecified atom stereocenters. The first-order valence-corrected chi connectivity index (χ1v) is 8.61. The number of hydrogen-bond donors (Lipinski definition) is 0. The minimum absolute atomic E-state index is 0.680. The molecule has 4 rings (SSSR count). The monoisotopic (exact) mass is 344 g/mol. The predicted molar refractivity (Wildman–Crippen MR) is 105 cm³/mol. The standard InChI is InChI=1S/C22H17ClN2/c1-22(18-14-8-9-15-19(18)23)24-20(16-10-4-2-5-11-16)21(25-22)17-12-6-3-7-13-17/h2-15H,1H3. The van der Waals surface area contributed by atoms with E-state index in [0.29, 0.717) is 5.02 Å². The summed E-state index contributed by atoms with van der Waals surface area (Å²) in [5.41, 5.74) is 4.09. The number of rotatable bonds is 3. The Morgan fingerprint density at radius 2 is 1.08 bits per heavy atom. The first-order chi connectivity index (χ1) is 12.2. The van der Waals surface area contributed by atoms with Gasteiger partial charge in [0.05, 0.1) is 11.4 Å². The lowest BCUT2D eigenvalue weighted by Crippen LogP contribution is -2.14. The van der Waals surface area contributed by atoms with Crippen LogP contribution in [0.2, 0.25) is 5.02 Å². The highest BCUT2D eigenvalue weighted by molar-refractivity contribution is 6.54. The molecule has 0 bridgehead atoms. The zero-order valence-electron chi connectivity index (χ0n) is 13.9. The molecule has 0 amide bonds. The Bertz CT molecular complexity index is 904. The molecule has 3 aromatic carbocycles. The summed E-state index contributed by atoms with van der Waals surface area (Å²) in [5, 5.41) is 0.680. The normalized spacial score (nSPS) is 15.6. The predicted octanol–water partition coefficient (Wildman–Crippen LogP) is 5.50. The number of nitrogens with zero attached hydrogens (tertiary/aromatic N) is 2. The molecule has 0 spiro atoms. The summed E-state index contributed by atoms with van der Waals surface area (Å²) >= 11 is 6.44. The molecular weight excluding hydrogens is 328 g/mol. The first kappa shape index (κ1) is 15.8. The fourth-order valence-corrected chi connectivity index (χ4v) is 3.44. The Morgan fingerprint density at radius 3 is 1.56 bits per heavy atom. The summed E-state index contributed by atoms with van der Waals surface area (Å²) in [6.07, 6.45) is 0. The highest BCUT2D eigenvalue weighted by Crippen LogP contribution is 2.37. The van der Waals surface area contributed by atoms with Gasteiger partial charge in [-0.3, -0.25) is 0 Å². The molecule has 3 heteroatoms. The Hall–Kier alpha value is -2.71. The van der Waals surface area contributed by atoms with Crippen LogP contribution in [0.25, 0.3) is 0 Å². The molecule has 25 heavy (non-hydrogen) atoms. The lowest BCUT2D eigenvalue weighted by molar-refractivity contribution is 0.541. The summed E-state index contributed by atoms with van der Waals surface area (Å²) in [5.74, 6) is 0. The number of hydrogen-bond acceptors (Lipinski definition) is 2. The third-order valence-corrected chi connectivity index (χ3v) is 4.69. The summed E-state index contributed by atoms with van der Waals surface area (Å²) < 4.78 is 0. The van der Waals surface area contributed by atoms with Crippen molar-refractivity contribution in [3.05, 3.63) is 107 Å². The van der Waals surface area contributed by atoms with Crippen molar-refractivity contribution >= 4 is 23.0 Å². The molecule has 0 aliphatic carbocycles. The van der Waals surface area contributed by atoms with E-state index in [1.54, 1.807) is 0 Å². The Kier molecular flexibility index (Phi) is 3.98. The molecule has 0 saturated heterocycles. The van der Waals surface area contributed by atoms with Crippen molar-refractivity contribution < 1.29 is 0 Å². The van der Waals surface area contributed by atoms with Crippen LogP contribution in [0.4, 0.5) is 0 Å². The molecule has 0 saturated carbocycles. The van der Waals surface area contributed by atoms with Gasteiger partial charge in [-0.25, -0.2) is 9.98 Å². The van der Waals surface area contributed by atoms with Crippen LogP contribution in [0.3, 0.4) is 0 Å². The largest absolute Gasteiger partial charge is 0.248 e. The lowest BCUT2D eigenvalue weighted by Gasteiger charge is -2.19. The number of benzene rings is 3. The summed E-state index contributed by atoms with van der Waals surface area (Å²) in [6.45, 7) is 2.01. The van der Waals surface area contributed by atoms with Gasteiger partial charge in [0.1, 0.15) is 0 Å². The third-order valence-electron chi connectivity index (χ3n) is 4.36. The van der Waals surface area contributed by atoms with Gasteiger partial charge in [0, 0.05) is 21.7 Å². The molecule has 3 aromatic rings. The van der Waals surface area contributed by atoms with Crippen molar-refractivity contribution in [1.82, 2.24) is 0 Å². The maximum Gasteiger partial charge on any atom is 0.175 e. The van der Waals surface area contributed by atoms with Crippen LogP contribution in [-0.2, 0) is 5.66 Å². The van der Waals surface area contributed by atoms with Crippen LogP contribution >= 0.6 is 11.6 Å². The number of aliphatic imine (C=N–C) groups is 2. The van der Waals surface area contributed by atoms with E-state index >= 15 is 0 Å². The molecule has 1 heterocycles. The summed E-state index contributed by atoms with van der Waals surface area (Å²) in [7, 11) is 0. The minimum atomic E-state index is -0.727. The van der Waals surface area contributed by atoms with E-state index in [4.69, 9.17) is 21.6 Å². The Labute approximate surface area is 152 Å². The smallest absolute Gasteiger partial charge is 0.175 e. The average molecular weight is 345 g/mol. The summed E-state index contributed by atoms with van der Waals surface area (Å²) in [6, 6.07) is 28.1. The van der Waals surface area contributed by atoms with Crippen LogP contribution in [-0.4, -0.2) is 11.4 Å². The van der Waals surface area contributed by atoms with Crippen molar-refractivity contribution in [1.29, 1.82) is 0 Å². The van der Waals surface area contributed by atoms with E-state index in [0.717, 1.165) is 28.1 Å². The molecule has 0 atom stereocenters. The van der Waals surface area contributed by atoms with Crippen LogP contribution in [0.5, 0.6) is 0 Å². The van der Waals surface area contributed by atoms with Gasteiger partial charge in [-0.1, -0.05) is 90.5 Å². The van der Waals surface area contributed by atoms with Crippen molar-refractivity contribution in [3.8, 4) is 0 Å². The van der Waals surface area contributed by atoms with Crippen molar-refractivity contribution in [2.75, 3.05) is 0 Å². The molecule has 122 valence electrons. The molecule has 0 aromatic heterocycles. The van der Waals surface area contributed by atoms with Crippen molar-refractivity contribution in [3.63, 3.8) is 0 Å². The molecule has 0 N–H and O–H groups in total.